The molecule has 102 valence electrons. The highest BCUT2D eigenvalue weighted by Gasteiger charge is 2.07. The van der Waals surface area contributed by atoms with Crippen LogP contribution in [0, 0.1) is 13.8 Å². The minimum absolute atomic E-state index is 0.547. The first-order valence-corrected chi connectivity index (χ1v) is 6.50. The Morgan fingerprint density at radius 3 is 2.42 bits per heavy atom. The number of nitrogens with zero attached hydrogens (tertiary/aromatic N) is 2. The predicted octanol–water partition coefficient (Wildman–Crippen LogP) is 2.12. The Morgan fingerprint density at radius 1 is 1.21 bits per heavy atom. The van der Waals surface area contributed by atoms with Crippen molar-refractivity contribution >= 4 is 0 Å². The predicted molar refractivity (Wildman–Crippen MR) is 76.2 cm³/mol. The van der Waals surface area contributed by atoms with E-state index in [1.54, 1.807) is 4.68 Å². The molecule has 2 aromatic rings. The van der Waals surface area contributed by atoms with Crippen molar-refractivity contribution in [2.45, 2.75) is 26.9 Å². The van der Waals surface area contributed by atoms with Crippen LogP contribution in [0.1, 0.15) is 22.3 Å². The third-order valence-corrected chi connectivity index (χ3v) is 3.09. The molecule has 0 aliphatic heterocycles. The van der Waals surface area contributed by atoms with E-state index in [2.05, 4.69) is 31.1 Å². The van der Waals surface area contributed by atoms with Gasteiger partial charge in [-0.25, -0.2) is 0 Å². The van der Waals surface area contributed by atoms with Crippen molar-refractivity contribution < 1.29 is 4.74 Å². The first-order valence-electron chi connectivity index (χ1n) is 6.50. The number of aryl methyl sites for hydroxylation is 3. The molecular weight excluding hydrogens is 238 g/mol. The molecule has 2 rings (SSSR count). The molecule has 19 heavy (non-hydrogen) atoms. The van der Waals surface area contributed by atoms with Crippen LogP contribution in [0.25, 0.3) is 0 Å². The fraction of sp³-hybridized carbons (Fsp3) is 0.400. The SMILES string of the molecule is Cc1cc(CCN)cc(C)c1OCc1cnn(C)c1. The van der Waals surface area contributed by atoms with Crippen LogP contribution >= 0.6 is 0 Å². The molecule has 0 saturated heterocycles. The Hall–Kier alpha value is -1.81. The van der Waals surface area contributed by atoms with Crippen LogP contribution in [-0.4, -0.2) is 16.3 Å². The first-order chi connectivity index (χ1) is 9.10. The van der Waals surface area contributed by atoms with Crippen molar-refractivity contribution in [1.29, 1.82) is 0 Å². The summed E-state index contributed by atoms with van der Waals surface area (Å²) in [6, 6.07) is 4.30. The maximum atomic E-state index is 5.92. The zero-order valence-electron chi connectivity index (χ0n) is 11.8. The van der Waals surface area contributed by atoms with Gasteiger partial charge in [0, 0.05) is 18.8 Å². The number of hydrogen-bond donors (Lipinski definition) is 1. The molecule has 4 nitrogen and oxygen atoms in total. The molecule has 0 spiro atoms. The normalized spacial score (nSPS) is 10.7. The van der Waals surface area contributed by atoms with Gasteiger partial charge in [0.1, 0.15) is 12.4 Å². The molecule has 4 heteroatoms. The van der Waals surface area contributed by atoms with Gasteiger partial charge in [-0.3, -0.25) is 4.68 Å². The Bertz CT molecular complexity index is 537. The molecule has 0 atom stereocenters. The molecule has 1 heterocycles. The van der Waals surface area contributed by atoms with E-state index in [0.717, 1.165) is 28.9 Å². The maximum absolute atomic E-state index is 5.92. The topological polar surface area (TPSA) is 53.1 Å². The summed E-state index contributed by atoms with van der Waals surface area (Å²) >= 11 is 0. The number of hydrogen-bond acceptors (Lipinski definition) is 3. The quantitative estimate of drug-likeness (QED) is 0.894. The van der Waals surface area contributed by atoms with Crippen LogP contribution in [0.2, 0.25) is 0 Å². The Kier molecular flexibility index (Phi) is 4.22. The Balaban J connectivity index is 2.11. The van der Waals surface area contributed by atoms with Crippen LogP contribution in [0.3, 0.4) is 0 Å². The second kappa shape index (κ2) is 5.89. The zero-order valence-corrected chi connectivity index (χ0v) is 11.8. The van der Waals surface area contributed by atoms with Crippen molar-refractivity contribution in [3.8, 4) is 5.75 Å². The zero-order chi connectivity index (χ0) is 13.8. The fourth-order valence-corrected chi connectivity index (χ4v) is 2.28. The van der Waals surface area contributed by atoms with Crippen molar-refractivity contribution in [2.24, 2.45) is 12.8 Å². The third-order valence-electron chi connectivity index (χ3n) is 3.09. The molecule has 0 aliphatic carbocycles. The van der Waals surface area contributed by atoms with Gasteiger partial charge in [0.15, 0.2) is 0 Å². The summed E-state index contributed by atoms with van der Waals surface area (Å²) in [6.07, 6.45) is 4.70. The summed E-state index contributed by atoms with van der Waals surface area (Å²) in [6.45, 7) is 5.37. The van der Waals surface area contributed by atoms with E-state index in [1.807, 2.05) is 19.4 Å². The lowest BCUT2D eigenvalue weighted by Crippen LogP contribution is -2.04. The van der Waals surface area contributed by atoms with E-state index >= 15 is 0 Å². The van der Waals surface area contributed by atoms with Crippen LogP contribution in [-0.2, 0) is 20.1 Å². The third kappa shape index (κ3) is 3.35. The van der Waals surface area contributed by atoms with Crippen LogP contribution < -0.4 is 10.5 Å². The van der Waals surface area contributed by atoms with Gasteiger partial charge in [-0.2, -0.15) is 5.10 Å². The van der Waals surface area contributed by atoms with E-state index in [4.69, 9.17) is 10.5 Å². The smallest absolute Gasteiger partial charge is 0.125 e. The fourth-order valence-electron chi connectivity index (χ4n) is 2.28. The van der Waals surface area contributed by atoms with Gasteiger partial charge in [-0.15, -0.1) is 0 Å². The lowest BCUT2D eigenvalue weighted by atomic mass is 10.0. The summed E-state index contributed by atoms with van der Waals surface area (Å²) in [5, 5.41) is 4.13. The number of aromatic nitrogens is 2. The number of nitrogens with two attached hydrogens (primary N) is 1. The molecule has 0 fully saturated rings. The molecule has 0 amide bonds. The average molecular weight is 259 g/mol. The number of benzene rings is 1. The van der Waals surface area contributed by atoms with Crippen molar-refractivity contribution in [3.05, 3.63) is 46.8 Å². The molecule has 1 aromatic heterocycles. The first kappa shape index (κ1) is 13.6. The molecule has 0 unspecified atom stereocenters. The van der Waals surface area contributed by atoms with Crippen molar-refractivity contribution in [2.75, 3.05) is 6.54 Å². The molecule has 1 aromatic carbocycles. The molecule has 0 aliphatic rings. The van der Waals surface area contributed by atoms with E-state index in [0.29, 0.717) is 13.2 Å². The minimum atomic E-state index is 0.547. The largest absolute Gasteiger partial charge is 0.488 e. The second-order valence-electron chi connectivity index (χ2n) is 4.91. The van der Waals surface area contributed by atoms with Crippen LogP contribution in [0.5, 0.6) is 5.75 Å². The highest BCUT2D eigenvalue weighted by atomic mass is 16.5. The standard InChI is InChI=1S/C15H21N3O/c1-11-6-13(4-5-16)7-12(2)15(11)19-10-14-8-17-18(3)9-14/h6-9H,4-5,10,16H2,1-3H3. The van der Waals surface area contributed by atoms with Gasteiger partial charge in [0.25, 0.3) is 0 Å². The lowest BCUT2D eigenvalue weighted by molar-refractivity contribution is 0.302. The summed E-state index contributed by atoms with van der Waals surface area (Å²) in [7, 11) is 1.90. The number of rotatable bonds is 5. The Morgan fingerprint density at radius 2 is 1.89 bits per heavy atom. The highest BCUT2D eigenvalue weighted by Crippen LogP contribution is 2.25. The monoisotopic (exact) mass is 259 g/mol. The van der Waals surface area contributed by atoms with Gasteiger partial charge < -0.3 is 10.5 Å². The van der Waals surface area contributed by atoms with E-state index < -0.39 is 0 Å². The van der Waals surface area contributed by atoms with Crippen LogP contribution in [0.15, 0.2) is 24.5 Å². The van der Waals surface area contributed by atoms with Gasteiger partial charge in [0.05, 0.1) is 6.20 Å². The molecule has 0 bridgehead atoms. The van der Waals surface area contributed by atoms with Crippen molar-refractivity contribution in [1.82, 2.24) is 9.78 Å². The summed E-state index contributed by atoms with van der Waals surface area (Å²) in [5.41, 5.74) is 10.3. The average Bonchev–Trinajstić information content (AvgIpc) is 2.74. The summed E-state index contributed by atoms with van der Waals surface area (Å²) in [4.78, 5) is 0. The van der Waals surface area contributed by atoms with Gasteiger partial charge in [-0.05, 0) is 43.5 Å². The second-order valence-corrected chi connectivity index (χ2v) is 4.91. The van der Waals surface area contributed by atoms with Gasteiger partial charge in [-0.1, -0.05) is 12.1 Å². The van der Waals surface area contributed by atoms with E-state index in [-0.39, 0.29) is 0 Å². The van der Waals surface area contributed by atoms with Crippen LogP contribution in [0.4, 0.5) is 0 Å². The maximum Gasteiger partial charge on any atom is 0.125 e. The number of ether oxygens (including phenoxy) is 1. The molecule has 2 N–H and O–H groups in total. The molecule has 0 radical (unpaired) electrons. The molecular formula is C15H21N3O. The lowest BCUT2D eigenvalue weighted by Gasteiger charge is -2.13. The summed E-state index contributed by atoms with van der Waals surface area (Å²) < 4.78 is 7.70. The summed E-state index contributed by atoms with van der Waals surface area (Å²) in [5.74, 6) is 0.963. The molecule has 0 saturated carbocycles. The van der Waals surface area contributed by atoms with Gasteiger partial charge >= 0.3 is 0 Å². The van der Waals surface area contributed by atoms with Gasteiger partial charge in [0.2, 0.25) is 0 Å². The highest BCUT2D eigenvalue weighted by molar-refractivity contribution is 5.43. The van der Waals surface area contributed by atoms with Crippen molar-refractivity contribution in [3.63, 3.8) is 0 Å². The van der Waals surface area contributed by atoms with E-state index in [9.17, 15) is 0 Å². The Labute approximate surface area is 114 Å². The minimum Gasteiger partial charge on any atom is -0.488 e. The van der Waals surface area contributed by atoms with E-state index in [1.165, 1.54) is 5.56 Å².